The Kier molecular flexibility index (Phi) is 7.69. The van der Waals surface area contributed by atoms with Crippen molar-refractivity contribution in [3.05, 3.63) is 17.5 Å². The van der Waals surface area contributed by atoms with E-state index in [0.717, 1.165) is 30.8 Å². The molecule has 156 valence electrons. The van der Waals surface area contributed by atoms with Crippen molar-refractivity contribution < 1.29 is 14.3 Å². The fourth-order valence-electron chi connectivity index (χ4n) is 3.22. The Morgan fingerprint density at radius 2 is 1.93 bits per heavy atom. The molecule has 0 aliphatic carbocycles. The maximum atomic E-state index is 12.6. The van der Waals surface area contributed by atoms with E-state index >= 15 is 0 Å². The molecule has 2 rings (SSSR count). The van der Waals surface area contributed by atoms with Gasteiger partial charge in [0.05, 0.1) is 5.75 Å². The Hall–Kier alpha value is -1.83. The van der Waals surface area contributed by atoms with Crippen LogP contribution >= 0.6 is 11.8 Å². The van der Waals surface area contributed by atoms with Gasteiger partial charge in [0, 0.05) is 38.1 Å². The van der Waals surface area contributed by atoms with Crippen molar-refractivity contribution in [3.8, 4) is 0 Å². The van der Waals surface area contributed by atoms with E-state index in [1.807, 2.05) is 45.6 Å². The number of piperidine rings is 1. The predicted molar refractivity (Wildman–Crippen MR) is 110 cm³/mol. The summed E-state index contributed by atoms with van der Waals surface area (Å²) in [5.41, 5.74) is 1.31. The topological polar surface area (TPSA) is 75.6 Å². The number of aromatic nitrogens is 2. The van der Waals surface area contributed by atoms with E-state index in [-0.39, 0.29) is 17.9 Å². The maximum absolute atomic E-state index is 12.6. The number of rotatable bonds is 5. The van der Waals surface area contributed by atoms with Gasteiger partial charge in [-0.3, -0.25) is 4.79 Å². The van der Waals surface area contributed by atoms with Crippen LogP contribution in [0.4, 0.5) is 4.79 Å². The molecule has 1 atom stereocenters. The molecule has 0 aromatic carbocycles. The van der Waals surface area contributed by atoms with Gasteiger partial charge in [0.2, 0.25) is 5.91 Å². The van der Waals surface area contributed by atoms with Crippen LogP contribution in [0.5, 0.6) is 0 Å². The fourth-order valence-corrected chi connectivity index (χ4v) is 4.07. The zero-order valence-electron chi connectivity index (χ0n) is 17.8. The van der Waals surface area contributed by atoms with Crippen LogP contribution in [0.25, 0.3) is 0 Å². The number of thioether (sulfide) groups is 1. The highest BCUT2D eigenvalue weighted by Gasteiger charge is 2.27. The summed E-state index contributed by atoms with van der Waals surface area (Å²) in [6.07, 6.45) is 1.63. The number of ether oxygens (including phenoxy) is 1. The summed E-state index contributed by atoms with van der Waals surface area (Å²) in [5, 5.41) is 0.643. The van der Waals surface area contributed by atoms with E-state index in [9.17, 15) is 9.59 Å². The highest BCUT2D eigenvalue weighted by atomic mass is 32.2. The van der Waals surface area contributed by atoms with Crippen molar-refractivity contribution in [2.45, 2.75) is 58.2 Å². The number of hydrogen-bond donors (Lipinski definition) is 0. The summed E-state index contributed by atoms with van der Waals surface area (Å²) in [6, 6.07) is 1.92. The first-order valence-electron chi connectivity index (χ1n) is 9.70. The smallest absolute Gasteiger partial charge is 0.410 e. The average Bonchev–Trinajstić information content (AvgIpc) is 2.57. The predicted octanol–water partition coefficient (Wildman–Crippen LogP) is 3.29. The van der Waals surface area contributed by atoms with Crippen molar-refractivity contribution in [3.63, 3.8) is 0 Å². The summed E-state index contributed by atoms with van der Waals surface area (Å²) in [4.78, 5) is 37.1. The van der Waals surface area contributed by atoms with Crippen LogP contribution in [0.1, 0.15) is 45.0 Å². The number of aryl methyl sites for hydroxylation is 2. The molecule has 0 bridgehead atoms. The molecule has 0 saturated carbocycles. The first kappa shape index (κ1) is 22.5. The molecule has 28 heavy (non-hydrogen) atoms. The van der Waals surface area contributed by atoms with Crippen molar-refractivity contribution >= 4 is 23.8 Å². The van der Waals surface area contributed by atoms with Crippen LogP contribution in [0, 0.1) is 19.8 Å². The highest BCUT2D eigenvalue weighted by molar-refractivity contribution is 7.99. The average molecular weight is 409 g/mol. The van der Waals surface area contributed by atoms with Gasteiger partial charge in [-0.05, 0) is 59.4 Å². The third kappa shape index (κ3) is 7.30. The number of amides is 2. The van der Waals surface area contributed by atoms with E-state index in [0.29, 0.717) is 24.0 Å². The van der Waals surface area contributed by atoms with E-state index in [4.69, 9.17) is 4.74 Å². The third-order valence-corrected chi connectivity index (χ3v) is 5.23. The Labute approximate surface area is 172 Å². The van der Waals surface area contributed by atoms with E-state index in [2.05, 4.69) is 9.97 Å². The summed E-state index contributed by atoms with van der Waals surface area (Å²) in [6.45, 7) is 11.4. The lowest BCUT2D eigenvalue weighted by Crippen LogP contribution is -2.45. The maximum Gasteiger partial charge on any atom is 0.410 e. The van der Waals surface area contributed by atoms with Crippen LogP contribution in [-0.2, 0) is 9.53 Å². The minimum absolute atomic E-state index is 0.0948. The minimum atomic E-state index is -0.507. The van der Waals surface area contributed by atoms with Crippen LogP contribution in [0.3, 0.4) is 0 Å². The Bertz CT molecular complexity index is 685. The van der Waals surface area contributed by atoms with E-state index < -0.39 is 5.60 Å². The molecule has 1 aliphatic rings. The first-order valence-corrected chi connectivity index (χ1v) is 10.7. The van der Waals surface area contributed by atoms with Gasteiger partial charge in [0.1, 0.15) is 5.60 Å². The largest absolute Gasteiger partial charge is 0.444 e. The van der Waals surface area contributed by atoms with Crippen molar-refractivity contribution in [2.75, 3.05) is 32.4 Å². The second kappa shape index (κ2) is 9.58. The van der Waals surface area contributed by atoms with Gasteiger partial charge >= 0.3 is 6.09 Å². The van der Waals surface area contributed by atoms with Gasteiger partial charge in [0.25, 0.3) is 0 Å². The molecule has 1 aromatic rings. The first-order chi connectivity index (χ1) is 13.0. The van der Waals surface area contributed by atoms with Gasteiger partial charge in [-0.2, -0.15) is 0 Å². The molecule has 1 saturated heterocycles. The number of nitrogens with zero attached hydrogens (tertiary/aromatic N) is 4. The molecule has 1 aromatic heterocycles. The zero-order chi connectivity index (χ0) is 20.9. The summed E-state index contributed by atoms with van der Waals surface area (Å²) < 4.78 is 5.41. The van der Waals surface area contributed by atoms with Crippen LogP contribution < -0.4 is 0 Å². The molecule has 7 nitrogen and oxygen atoms in total. The quantitative estimate of drug-likeness (QED) is 0.550. The van der Waals surface area contributed by atoms with Gasteiger partial charge in [-0.15, -0.1) is 0 Å². The third-order valence-electron chi connectivity index (χ3n) is 4.40. The van der Waals surface area contributed by atoms with Gasteiger partial charge in [0.15, 0.2) is 5.16 Å². The number of carbonyl (C=O) groups excluding carboxylic acids is 2. The normalized spacial score (nSPS) is 17.4. The lowest BCUT2D eigenvalue weighted by molar-refractivity contribution is -0.130. The molecular formula is C20H32N4O3S. The van der Waals surface area contributed by atoms with E-state index in [1.165, 1.54) is 11.8 Å². The summed E-state index contributed by atoms with van der Waals surface area (Å²) in [5.74, 6) is 0.687. The molecule has 2 amide bonds. The second-order valence-corrected chi connectivity index (χ2v) is 9.37. The number of hydrogen-bond acceptors (Lipinski definition) is 6. The molecule has 0 radical (unpaired) electrons. The molecule has 0 N–H and O–H groups in total. The Morgan fingerprint density at radius 1 is 1.29 bits per heavy atom. The number of likely N-dealkylation sites (tertiary alicyclic amines) is 1. The standard InChI is InChI=1S/C20H32N4O3S/c1-14-10-15(2)22-18(21-14)28-13-17(25)24-9-7-8-16(12-24)11-23(6)19(26)27-20(3,4)5/h10,16H,7-9,11-13H2,1-6H3/t16-/m0/s1. The molecule has 2 heterocycles. The highest BCUT2D eigenvalue weighted by Crippen LogP contribution is 2.21. The van der Waals surface area contributed by atoms with Gasteiger partial charge < -0.3 is 14.5 Å². The lowest BCUT2D eigenvalue weighted by atomic mass is 9.97. The monoisotopic (exact) mass is 408 g/mol. The fraction of sp³-hybridized carbons (Fsp3) is 0.700. The van der Waals surface area contributed by atoms with E-state index in [1.54, 1.807) is 11.9 Å². The molecule has 0 unspecified atom stereocenters. The van der Waals surface area contributed by atoms with Gasteiger partial charge in [-0.1, -0.05) is 11.8 Å². The zero-order valence-corrected chi connectivity index (χ0v) is 18.6. The summed E-state index contributed by atoms with van der Waals surface area (Å²) >= 11 is 1.38. The Balaban J connectivity index is 1.84. The molecule has 8 heteroatoms. The van der Waals surface area contributed by atoms with Crippen molar-refractivity contribution in [1.29, 1.82) is 0 Å². The SMILES string of the molecule is Cc1cc(C)nc(SCC(=O)N2CCC[C@@H](CN(C)C(=O)OC(C)(C)C)C2)n1. The summed E-state index contributed by atoms with van der Waals surface area (Å²) in [7, 11) is 1.75. The lowest BCUT2D eigenvalue weighted by Gasteiger charge is -2.35. The van der Waals surface area contributed by atoms with Crippen LogP contribution in [0.15, 0.2) is 11.2 Å². The van der Waals surface area contributed by atoms with Crippen molar-refractivity contribution in [1.82, 2.24) is 19.8 Å². The molecular weight excluding hydrogens is 376 g/mol. The van der Waals surface area contributed by atoms with Crippen LogP contribution in [-0.4, -0.2) is 69.8 Å². The Morgan fingerprint density at radius 3 is 2.54 bits per heavy atom. The number of carbonyl (C=O) groups is 2. The minimum Gasteiger partial charge on any atom is -0.444 e. The van der Waals surface area contributed by atoms with Gasteiger partial charge in [-0.25, -0.2) is 14.8 Å². The second-order valence-electron chi connectivity index (χ2n) is 8.43. The molecule has 1 fully saturated rings. The molecule has 0 spiro atoms. The van der Waals surface area contributed by atoms with Crippen LogP contribution in [0.2, 0.25) is 0 Å². The molecule has 1 aliphatic heterocycles. The van der Waals surface area contributed by atoms with Crippen molar-refractivity contribution in [2.24, 2.45) is 5.92 Å².